The van der Waals surface area contributed by atoms with E-state index in [0.717, 1.165) is 23.2 Å². The summed E-state index contributed by atoms with van der Waals surface area (Å²) in [6.07, 6.45) is 2.35. The topological polar surface area (TPSA) is 58.7 Å². The zero-order chi connectivity index (χ0) is 14.7. The Hall–Kier alpha value is -3.19. The number of rotatable bonds is 3. The molecule has 3 aromatic rings. The molecule has 0 bridgehead atoms. The van der Waals surface area contributed by atoms with Crippen LogP contribution in [-0.4, -0.2) is 16.1 Å². The van der Waals surface area contributed by atoms with Crippen LogP contribution in [0.1, 0.15) is 15.9 Å². The van der Waals surface area contributed by atoms with E-state index in [1.807, 2.05) is 42.5 Å². The number of carbonyl (C=O) groups excluding carboxylic acids is 1. The van der Waals surface area contributed by atoms with Crippen molar-refractivity contribution in [3.63, 3.8) is 0 Å². The van der Waals surface area contributed by atoms with Gasteiger partial charge in [0.2, 0.25) is 0 Å². The number of aldehydes is 1. The zero-order valence-electron chi connectivity index (χ0n) is 11.1. The van der Waals surface area contributed by atoms with E-state index in [-0.39, 0.29) is 0 Å². The highest BCUT2D eigenvalue weighted by Gasteiger charge is 2.13. The maximum atomic E-state index is 11.2. The summed E-state index contributed by atoms with van der Waals surface area (Å²) in [5, 5.41) is 13.1. The second-order valence-corrected chi connectivity index (χ2v) is 4.50. The molecular formula is C17H11N3O. The molecule has 1 heterocycles. The molecule has 4 nitrogen and oxygen atoms in total. The molecule has 0 unspecified atom stereocenters. The maximum absolute atomic E-state index is 11.2. The predicted octanol–water partition coefficient (Wildman–Crippen LogP) is 3.22. The molecule has 21 heavy (non-hydrogen) atoms. The zero-order valence-corrected chi connectivity index (χ0v) is 11.1. The summed E-state index contributed by atoms with van der Waals surface area (Å²) in [5.74, 6) is 0. The van der Waals surface area contributed by atoms with Crippen LogP contribution in [0, 0.1) is 11.3 Å². The van der Waals surface area contributed by atoms with Crippen LogP contribution in [-0.2, 0) is 0 Å². The number of hydrogen-bond acceptors (Lipinski definition) is 3. The summed E-state index contributed by atoms with van der Waals surface area (Å²) < 4.78 is 1.71. The van der Waals surface area contributed by atoms with Crippen LogP contribution < -0.4 is 0 Å². The Morgan fingerprint density at radius 1 is 1.05 bits per heavy atom. The van der Waals surface area contributed by atoms with Gasteiger partial charge < -0.3 is 0 Å². The van der Waals surface area contributed by atoms with E-state index in [2.05, 4.69) is 11.2 Å². The number of nitrogens with zero attached hydrogens (tertiary/aromatic N) is 3. The highest BCUT2D eigenvalue weighted by molar-refractivity contribution is 5.86. The minimum atomic E-state index is 0.533. The molecule has 3 rings (SSSR count). The van der Waals surface area contributed by atoms with E-state index in [1.165, 1.54) is 0 Å². The van der Waals surface area contributed by atoms with Gasteiger partial charge in [0.05, 0.1) is 34.8 Å². The van der Waals surface area contributed by atoms with Crippen molar-refractivity contribution in [2.45, 2.75) is 0 Å². The Labute approximate surface area is 121 Å². The average molecular weight is 273 g/mol. The Morgan fingerprint density at radius 2 is 1.76 bits per heavy atom. The largest absolute Gasteiger partial charge is 0.298 e. The molecule has 0 atom stereocenters. The van der Waals surface area contributed by atoms with Gasteiger partial charge in [0, 0.05) is 5.56 Å². The second kappa shape index (κ2) is 5.43. The van der Waals surface area contributed by atoms with Gasteiger partial charge in [0.1, 0.15) is 0 Å². The monoisotopic (exact) mass is 273 g/mol. The van der Waals surface area contributed by atoms with Crippen molar-refractivity contribution in [3.8, 4) is 23.0 Å². The molecule has 2 aromatic carbocycles. The first-order valence-corrected chi connectivity index (χ1v) is 6.42. The lowest BCUT2D eigenvalue weighted by atomic mass is 10.1. The second-order valence-electron chi connectivity index (χ2n) is 4.50. The molecule has 1 aromatic heterocycles. The molecule has 0 saturated heterocycles. The van der Waals surface area contributed by atoms with Crippen LogP contribution in [0.5, 0.6) is 0 Å². The van der Waals surface area contributed by atoms with E-state index >= 15 is 0 Å². The van der Waals surface area contributed by atoms with Gasteiger partial charge in [-0.15, -0.1) is 0 Å². The standard InChI is InChI=1S/C17H11N3O/c18-10-13-6-8-16(9-7-13)20-17(15(12-21)11-19-20)14-4-2-1-3-5-14/h1-9,11-12H. The van der Waals surface area contributed by atoms with Crippen molar-refractivity contribution < 1.29 is 4.79 Å². The minimum absolute atomic E-state index is 0.533. The van der Waals surface area contributed by atoms with Gasteiger partial charge >= 0.3 is 0 Å². The van der Waals surface area contributed by atoms with Gasteiger partial charge in [-0.25, -0.2) is 4.68 Å². The van der Waals surface area contributed by atoms with Gasteiger partial charge in [-0.3, -0.25) is 4.79 Å². The first-order chi connectivity index (χ1) is 10.3. The lowest BCUT2D eigenvalue weighted by molar-refractivity contribution is 0.112. The lowest BCUT2D eigenvalue weighted by Gasteiger charge is -2.08. The molecular weight excluding hydrogens is 262 g/mol. The quantitative estimate of drug-likeness (QED) is 0.688. The molecule has 0 aliphatic carbocycles. The third-order valence-electron chi connectivity index (χ3n) is 3.21. The molecule has 4 heteroatoms. The van der Waals surface area contributed by atoms with Crippen LogP contribution in [0.15, 0.2) is 60.8 Å². The molecule has 0 aliphatic heterocycles. The summed E-state index contributed by atoms with van der Waals surface area (Å²) in [7, 11) is 0. The molecule has 0 radical (unpaired) electrons. The van der Waals surface area contributed by atoms with Crippen molar-refractivity contribution in [1.82, 2.24) is 9.78 Å². The molecule has 0 amide bonds. The van der Waals surface area contributed by atoms with Gasteiger partial charge in [-0.2, -0.15) is 10.4 Å². The Morgan fingerprint density at radius 3 is 2.38 bits per heavy atom. The summed E-state index contributed by atoms with van der Waals surface area (Å²) in [5.41, 5.74) is 3.59. The maximum Gasteiger partial charge on any atom is 0.153 e. The van der Waals surface area contributed by atoms with Crippen molar-refractivity contribution in [2.75, 3.05) is 0 Å². The Bertz CT molecular complexity index is 811. The van der Waals surface area contributed by atoms with Crippen molar-refractivity contribution in [2.24, 2.45) is 0 Å². The normalized spacial score (nSPS) is 10.0. The van der Waals surface area contributed by atoms with Gasteiger partial charge in [0.25, 0.3) is 0 Å². The fourth-order valence-corrected chi connectivity index (χ4v) is 2.21. The smallest absolute Gasteiger partial charge is 0.153 e. The van der Waals surface area contributed by atoms with Crippen molar-refractivity contribution in [3.05, 3.63) is 71.9 Å². The highest BCUT2D eigenvalue weighted by Crippen LogP contribution is 2.25. The van der Waals surface area contributed by atoms with Crippen LogP contribution in [0.3, 0.4) is 0 Å². The summed E-state index contributed by atoms with van der Waals surface area (Å²) in [6, 6.07) is 18.8. The third-order valence-corrected chi connectivity index (χ3v) is 3.21. The molecule has 0 saturated carbocycles. The summed E-state index contributed by atoms with van der Waals surface area (Å²) >= 11 is 0. The van der Waals surface area contributed by atoms with Crippen LogP contribution in [0.2, 0.25) is 0 Å². The molecule has 100 valence electrons. The van der Waals surface area contributed by atoms with Crippen LogP contribution in [0.4, 0.5) is 0 Å². The molecule has 0 spiro atoms. The first kappa shape index (κ1) is 12.8. The fraction of sp³-hybridized carbons (Fsp3) is 0. The van der Waals surface area contributed by atoms with Crippen LogP contribution in [0.25, 0.3) is 16.9 Å². The Balaban J connectivity index is 2.17. The molecule has 0 N–H and O–H groups in total. The SMILES string of the molecule is N#Cc1ccc(-n2ncc(C=O)c2-c2ccccc2)cc1. The summed E-state index contributed by atoms with van der Waals surface area (Å²) in [6.45, 7) is 0. The van der Waals surface area contributed by atoms with Gasteiger partial charge in [0.15, 0.2) is 6.29 Å². The number of carbonyl (C=O) groups is 1. The predicted molar refractivity (Wildman–Crippen MR) is 79.1 cm³/mol. The van der Waals surface area contributed by atoms with Crippen molar-refractivity contribution >= 4 is 6.29 Å². The number of nitriles is 1. The van der Waals surface area contributed by atoms with E-state index in [9.17, 15) is 4.79 Å². The first-order valence-electron chi connectivity index (χ1n) is 6.42. The van der Waals surface area contributed by atoms with E-state index in [1.54, 1.807) is 23.0 Å². The average Bonchev–Trinajstić information content (AvgIpc) is 2.99. The summed E-state index contributed by atoms with van der Waals surface area (Å²) in [4.78, 5) is 11.2. The van der Waals surface area contributed by atoms with Gasteiger partial charge in [-0.05, 0) is 24.3 Å². The fourth-order valence-electron chi connectivity index (χ4n) is 2.21. The number of hydrogen-bond donors (Lipinski definition) is 0. The van der Waals surface area contributed by atoms with E-state index in [4.69, 9.17) is 5.26 Å². The van der Waals surface area contributed by atoms with Crippen LogP contribution >= 0.6 is 0 Å². The number of benzene rings is 2. The van der Waals surface area contributed by atoms with Crippen molar-refractivity contribution in [1.29, 1.82) is 5.26 Å². The van der Waals surface area contributed by atoms with Gasteiger partial charge in [-0.1, -0.05) is 30.3 Å². The molecule has 0 aliphatic rings. The third kappa shape index (κ3) is 2.33. The van der Waals surface area contributed by atoms with E-state index in [0.29, 0.717) is 11.1 Å². The number of aromatic nitrogens is 2. The molecule has 0 fully saturated rings. The van der Waals surface area contributed by atoms with E-state index < -0.39 is 0 Å². The lowest BCUT2D eigenvalue weighted by Crippen LogP contribution is -2.00. The Kier molecular flexibility index (Phi) is 3.32. The minimum Gasteiger partial charge on any atom is -0.298 e. The highest BCUT2D eigenvalue weighted by atomic mass is 16.1.